The fraction of sp³-hybridized carbons (Fsp3) is 0.533. The van der Waals surface area contributed by atoms with Gasteiger partial charge in [-0.3, -0.25) is 4.99 Å². The molecule has 0 amide bonds. The van der Waals surface area contributed by atoms with Gasteiger partial charge >= 0.3 is 0 Å². The first-order chi connectivity index (χ1) is 9.62. The third-order valence-electron chi connectivity index (χ3n) is 3.95. The standard InChI is InChI=1S/C15H23N3O2/c1-4-15(7-8-15)10-17-14(16)18-11-5-6-12(19-2)13(9-11)20-3/h5-6,9H,4,7-8,10H2,1-3H3,(H3,16,17,18). The number of nitrogens with one attached hydrogen (secondary N) is 1. The highest BCUT2D eigenvalue weighted by atomic mass is 16.5. The van der Waals surface area contributed by atoms with E-state index in [0.717, 1.165) is 12.2 Å². The topological polar surface area (TPSA) is 68.9 Å². The molecule has 0 heterocycles. The highest BCUT2D eigenvalue weighted by Crippen LogP contribution is 2.48. The molecule has 3 N–H and O–H groups in total. The summed E-state index contributed by atoms with van der Waals surface area (Å²) in [5.74, 6) is 1.80. The van der Waals surface area contributed by atoms with Crippen LogP contribution >= 0.6 is 0 Å². The van der Waals surface area contributed by atoms with Crippen molar-refractivity contribution in [1.82, 2.24) is 0 Å². The smallest absolute Gasteiger partial charge is 0.193 e. The van der Waals surface area contributed by atoms with E-state index in [1.165, 1.54) is 19.3 Å². The first kappa shape index (κ1) is 14.5. The van der Waals surface area contributed by atoms with Crippen LogP contribution < -0.4 is 20.5 Å². The Hall–Kier alpha value is -1.91. The van der Waals surface area contributed by atoms with E-state index in [0.29, 0.717) is 22.9 Å². The molecule has 1 aliphatic rings. The molecule has 0 unspecified atom stereocenters. The van der Waals surface area contributed by atoms with E-state index in [-0.39, 0.29) is 0 Å². The molecule has 5 nitrogen and oxygen atoms in total. The van der Waals surface area contributed by atoms with Crippen LogP contribution in [0.3, 0.4) is 0 Å². The molecule has 0 radical (unpaired) electrons. The number of ether oxygens (including phenoxy) is 2. The fourth-order valence-electron chi connectivity index (χ4n) is 2.15. The van der Waals surface area contributed by atoms with Gasteiger partial charge in [0.15, 0.2) is 17.5 Å². The summed E-state index contributed by atoms with van der Waals surface area (Å²) in [5.41, 5.74) is 7.17. The molecule has 2 rings (SSSR count). The van der Waals surface area contributed by atoms with Crippen LogP contribution in [-0.2, 0) is 0 Å². The van der Waals surface area contributed by atoms with Crippen LogP contribution in [0.25, 0.3) is 0 Å². The maximum Gasteiger partial charge on any atom is 0.193 e. The van der Waals surface area contributed by atoms with Gasteiger partial charge in [0.2, 0.25) is 0 Å². The zero-order chi connectivity index (χ0) is 14.6. The molecule has 0 aromatic heterocycles. The van der Waals surface area contributed by atoms with Crippen LogP contribution in [-0.4, -0.2) is 26.7 Å². The summed E-state index contributed by atoms with van der Waals surface area (Å²) < 4.78 is 10.5. The number of aliphatic imine (C=N–C) groups is 1. The molecule has 5 heteroatoms. The van der Waals surface area contributed by atoms with Crippen LogP contribution in [0, 0.1) is 5.41 Å². The van der Waals surface area contributed by atoms with Gasteiger partial charge in [-0.05, 0) is 36.8 Å². The zero-order valence-electron chi connectivity index (χ0n) is 12.4. The van der Waals surface area contributed by atoms with Gasteiger partial charge < -0.3 is 20.5 Å². The molecule has 1 fully saturated rings. The molecule has 1 aliphatic carbocycles. The van der Waals surface area contributed by atoms with Gasteiger partial charge in [-0.15, -0.1) is 0 Å². The summed E-state index contributed by atoms with van der Waals surface area (Å²) in [4.78, 5) is 4.43. The van der Waals surface area contributed by atoms with Crippen molar-refractivity contribution in [3.8, 4) is 11.5 Å². The number of nitrogens with zero attached hydrogens (tertiary/aromatic N) is 1. The summed E-state index contributed by atoms with van der Waals surface area (Å²) >= 11 is 0. The predicted octanol–water partition coefficient (Wildman–Crippen LogP) is 2.62. The van der Waals surface area contributed by atoms with Gasteiger partial charge in [0, 0.05) is 18.3 Å². The molecule has 0 saturated heterocycles. The molecule has 1 saturated carbocycles. The third kappa shape index (κ3) is 3.35. The Morgan fingerprint density at radius 3 is 2.55 bits per heavy atom. The molecule has 1 aromatic rings. The molecule has 0 spiro atoms. The number of benzene rings is 1. The summed E-state index contributed by atoms with van der Waals surface area (Å²) in [6, 6.07) is 5.56. The first-order valence-electron chi connectivity index (χ1n) is 6.91. The Balaban J connectivity index is 2.00. The number of anilines is 1. The second-order valence-electron chi connectivity index (χ2n) is 5.25. The molecule has 110 valence electrons. The van der Waals surface area contributed by atoms with Crippen molar-refractivity contribution in [3.05, 3.63) is 18.2 Å². The Bertz CT molecular complexity index is 496. The summed E-state index contributed by atoms with van der Waals surface area (Å²) in [6.45, 7) is 3.01. The number of guanidine groups is 1. The average Bonchev–Trinajstić information content (AvgIpc) is 3.25. The van der Waals surface area contributed by atoms with Crippen molar-refractivity contribution in [3.63, 3.8) is 0 Å². The van der Waals surface area contributed by atoms with E-state index < -0.39 is 0 Å². The normalized spacial score (nSPS) is 16.6. The van der Waals surface area contributed by atoms with Crippen molar-refractivity contribution in [2.45, 2.75) is 26.2 Å². The molecular weight excluding hydrogens is 254 g/mol. The van der Waals surface area contributed by atoms with Gasteiger partial charge in [-0.25, -0.2) is 0 Å². The number of rotatable bonds is 6. The van der Waals surface area contributed by atoms with E-state index in [1.54, 1.807) is 14.2 Å². The van der Waals surface area contributed by atoms with Crippen molar-refractivity contribution in [1.29, 1.82) is 0 Å². The minimum Gasteiger partial charge on any atom is -0.493 e. The SMILES string of the molecule is CCC1(CN=C(N)Nc2ccc(OC)c(OC)c2)CC1. The lowest BCUT2D eigenvalue weighted by Crippen LogP contribution is -2.24. The lowest BCUT2D eigenvalue weighted by molar-refractivity contribution is 0.355. The van der Waals surface area contributed by atoms with Crippen molar-refractivity contribution < 1.29 is 9.47 Å². The number of methoxy groups -OCH3 is 2. The second-order valence-corrected chi connectivity index (χ2v) is 5.25. The largest absolute Gasteiger partial charge is 0.493 e. The van der Waals surface area contributed by atoms with Crippen LogP contribution in [0.5, 0.6) is 11.5 Å². The number of nitrogens with two attached hydrogens (primary N) is 1. The Morgan fingerprint density at radius 1 is 1.30 bits per heavy atom. The quantitative estimate of drug-likeness (QED) is 0.619. The summed E-state index contributed by atoms with van der Waals surface area (Å²) in [6.07, 6.45) is 3.69. The van der Waals surface area contributed by atoms with E-state index in [1.807, 2.05) is 18.2 Å². The minimum absolute atomic E-state index is 0.407. The van der Waals surface area contributed by atoms with Gasteiger partial charge in [-0.1, -0.05) is 6.92 Å². The lowest BCUT2D eigenvalue weighted by Gasteiger charge is -2.12. The molecule has 0 atom stereocenters. The Morgan fingerprint density at radius 2 is 2.00 bits per heavy atom. The van der Waals surface area contributed by atoms with E-state index in [2.05, 4.69) is 17.2 Å². The van der Waals surface area contributed by atoms with Crippen LogP contribution in [0.2, 0.25) is 0 Å². The van der Waals surface area contributed by atoms with Crippen molar-refractivity contribution in [2.24, 2.45) is 16.1 Å². The minimum atomic E-state index is 0.407. The van der Waals surface area contributed by atoms with Crippen LogP contribution in [0.4, 0.5) is 5.69 Å². The zero-order valence-corrected chi connectivity index (χ0v) is 12.4. The fourth-order valence-corrected chi connectivity index (χ4v) is 2.15. The van der Waals surface area contributed by atoms with E-state index >= 15 is 0 Å². The Kier molecular flexibility index (Phi) is 4.37. The summed E-state index contributed by atoms with van der Waals surface area (Å²) in [5, 5.41) is 3.08. The maximum absolute atomic E-state index is 5.92. The van der Waals surface area contributed by atoms with Gasteiger partial charge in [-0.2, -0.15) is 0 Å². The third-order valence-corrected chi connectivity index (χ3v) is 3.95. The highest BCUT2D eigenvalue weighted by Gasteiger charge is 2.40. The maximum atomic E-state index is 5.92. The van der Waals surface area contributed by atoms with Gasteiger partial charge in [0.05, 0.1) is 14.2 Å². The van der Waals surface area contributed by atoms with Gasteiger partial charge in [0.25, 0.3) is 0 Å². The average molecular weight is 277 g/mol. The molecule has 0 bridgehead atoms. The predicted molar refractivity (Wildman–Crippen MR) is 81.6 cm³/mol. The first-order valence-corrected chi connectivity index (χ1v) is 6.91. The van der Waals surface area contributed by atoms with Crippen molar-refractivity contribution in [2.75, 3.05) is 26.1 Å². The molecule has 0 aliphatic heterocycles. The number of hydrogen-bond acceptors (Lipinski definition) is 3. The molecule has 20 heavy (non-hydrogen) atoms. The monoisotopic (exact) mass is 277 g/mol. The van der Waals surface area contributed by atoms with E-state index in [9.17, 15) is 0 Å². The summed E-state index contributed by atoms with van der Waals surface area (Å²) in [7, 11) is 3.22. The molecule has 1 aromatic carbocycles. The van der Waals surface area contributed by atoms with Crippen LogP contribution in [0.15, 0.2) is 23.2 Å². The Labute approximate surface area is 120 Å². The van der Waals surface area contributed by atoms with E-state index in [4.69, 9.17) is 15.2 Å². The highest BCUT2D eigenvalue weighted by molar-refractivity contribution is 5.92. The number of hydrogen-bond donors (Lipinski definition) is 2. The molecular formula is C15H23N3O2. The van der Waals surface area contributed by atoms with Crippen molar-refractivity contribution >= 4 is 11.6 Å². The lowest BCUT2D eigenvalue weighted by atomic mass is 10.1. The van der Waals surface area contributed by atoms with Gasteiger partial charge in [0.1, 0.15) is 0 Å². The second kappa shape index (κ2) is 6.03. The van der Waals surface area contributed by atoms with Crippen LogP contribution in [0.1, 0.15) is 26.2 Å².